The molecule has 0 aliphatic carbocycles. The average Bonchev–Trinajstić information content (AvgIpc) is 2.85. The van der Waals surface area contributed by atoms with Crippen molar-refractivity contribution in [2.24, 2.45) is 0 Å². The Labute approximate surface area is 121 Å². The van der Waals surface area contributed by atoms with Crippen LogP contribution in [0.3, 0.4) is 0 Å². The molecule has 0 fully saturated rings. The van der Waals surface area contributed by atoms with E-state index in [-0.39, 0.29) is 5.69 Å². The molecule has 0 amide bonds. The monoisotopic (exact) mass is 337 g/mol. The van der Waals surface area contributed by atoms with Crippen LogP contribution in [0.5, 0.6) is 0 Å². The number of thiazole rings is 1. The van der Waals surface area contributed by atoms with Gasteiger partial charge in [0.15, 0.2) is 5.69 Å². The first-order chi connectivity index (χ1) is 9.11. The van der Waals surface area contributed by atoms with Gasteiger partial charge in [-0.1, -0.05) is 6.07 Å². The van der Waals surface area contributed by atoms with Crippen LogP contribution in [0.15, 0.2) is 28.1 Å². The number of carboxylic acids is 1. The largest absolute Gasteiger partial charge is 0.476 e. The predicted molar refractivity (Wildman–Crippen MR) is 75.3 cm³/mol. The van der Waals surface area contributed by atoms with Gasteiger partial charge in [-0.15, -0.1) is 11.3 Å². The fourth-order valence-electron chi connectivity index (χ4n) is 1.45. The van der Waals surface area contributed by atoms with Crippen LogP contribution in [0.2, 0.25) is 0 Å². The molecule has 1 heterocycles. The van der Waals surface area contributed by atoms with E-state index in [1.807, 2.05) is 6.07 Å². The van der Waals surface area contributed by atoms with Crippen molar-refractivity contribution >= 4 is 38.9 Å². The van der Waals surface area contributed by atoms with Crippen LogP contribution in [-0.2, 0) is 6.54 Å². The van der Waals surface area contributed by atoms with Gasteiger partial charge in [0, 0.05) is 9.85 Å². The Balaban J connectivity index is 2.12. The van der Waals surface area contributed by atoms with Crippen molar-refractivity contribution < 1.29 is 9.90 Å². The van der Waals surface area contributed by atoms with Crippen molar-refractivity contribution in [3.63, 3.8) is 0 Å². The van der Waals surface area contributed by atoms with Crippen LogP contribution in [0.25, 0.3) is 0 Å². The predicted octanol–water partition coefficient (Wildman–Crippen LogP) is 3.09. The van der Waals surface area contributed by atoms with E-state index in [4.69, 9.17) is 10.4 Å². The zero-order valence-electron chi connectivity index (χ0n) is 9.55. The van der Waals surface area contributed by atoms with Crippen LogP contribution in [0, 0.1) is 11.3 Å². The fraction of sp³-hybridized carbons (Fsp3) is 0.0833. The summed E-state index contributed by atoms with van der Waals surface area (Å²) < 4.78 is 0.713. The molecule has 19 heavy (non-hydrogen) atoms. The molecule has 0 aliphatic heterocycles. The number of nitrogens with zero attached hydrogens (tertiary/aromatic N) is 2. The molecule has 1 aromatic carbocycles. The molecule has 7 heteroatoms. The summed E-state index contributed by atoms with van der Waals surface area (Å²) in [6.45, 7) is 0.378. The minimum atomic E-state index is -1.04. The number of hydrogen-bond acceptors (Lipinski definition) is 5. The molecule has 2 aromatic rings. The number of aromatic carboxylic acids is 1. The second kappa shape index (κ2) is 5.82. The summed E-state index contributed by atoms with van der Waals surface area (Å²) in [5.74, 6) is -1.04. The van der Waals surface area contributed by atoms with Gasteiger partial charge < -0.3 is 10.4 Å². The first-order valence-electron chi connectivity index (χ1n) is 5.22. The van der Waals surface area contributed by atoms with E-state index in [1.165, 1.54) is 16.7 Å². The highest BCUT2D eigenvalue weighted by Gasteiger charge is 2.10. The molecule has 96 valence electrons. The first kappa shape index (κ1) is 13.5. The minimum absolute atomic E-state index is 0.0385. The molecule has 0 radical (unpaired) electrons. The number of halogens is 1. The normalized spacial score (nSPS) is 9.89. The highest BCUT2D eigenvalue weighted by molar-refractivity contribution is 9.10. The van der Waals surface area contributed by atoms with Crippen LogP contribution in [-0.4, -0.2) is 16.1 Å². The second-order valence-electron chi connectivity index (χ2n) is 3.56. The lowest BCUT2D eigenvalue weighted by Crippen LogP contribution is -2.03. The highest BCUT2D eigenvalue weighted by atomic mass is 79.9. The van der Waals surface area contributed by atoms with Gasteiger partial charge in [0.25, 0.3) is 0 Å². The van der Waals surface area contributed by atoms with E-state index in [2.05, 4.69) is 32.3 Å². The molecule has 5 nitrogen and oxygen atoms in total. The molecule has 0 spiro atoms. The Morgan fingerprint density at radius 3 is 3.00 bits per heavy atom. The zero-order chi connectivity index (χ0) is 13.8. The first-order valence-corrected chi connectivity index (χ1v) is 6.89. The van der Waals surface area contributed by atoms with E-state index in [0.29, 0.717) is 27.3 Å². The van der Waals surface area contributed by atoms with Crippen molar-refractivity contribution in [3.05, 3.63) is 44.3 Å². The molecule has 2 N–H and O–H groups in total. The zero-order valence-corrected chi connectivity index (χ0v) is 12.0. The number of nitriles is 1. The Bertz CT molecular complexity index is 663. The fourth-order valence-corrected chi connectivity index (χ4v) is 2.61. The third-order valence-corrected chi connectivity index (χ3v) is 3.84. The summed E-state index contributed by atoms with van der Waals surface area (Å²) in [5, 5.41) is 23.1. The van der Waals surface area contributed by atoms with Gasteiger partial charge in [0.05, 0.1) is 17.8 Å². The van der Waals surface area contributed by atoms with E-state index in [9.17, 15) is 4.79 Å². The van der Waals surface area contributed by atoms with Gasteiger partial charge in [-0.3, -0.25) is 0 Å². The van der Waals surface area contributed by atoms with Crippen LogP contribution < -0.4 is 5.32 Å². The van der Waals surface area contributed by atoms with Gasteiger partial charge in [0.1, 0.15) is 11.1 Å². The third-order valence-electron chi connectivity index (χ3n) is 2.33. The van der Waals surface area contributed by atoms with Crippen LogP contribution in [0.1, 0.15) is 21.1 Å². The number of benzene rings is 1. The summed E-state index contributed by atoms with van der Waals surface area (Å²) in [6.07, 6.45) is 0. The number of hydrogen-bond donors (Lipinski definition) is 2. The number of rotatable bonds is 4. The Morgan fingerprint density at radius 1 is 1.58 bits per heavy atom. The van der Waals surface area contributed by atoms with Crippen molar-refractivity contribution in [2.45, 2.75) is 6.54 Å². The second-order valence-corrected chi connectivity index (χ2v) is 5.36. The van der Waals surface area contributed by atoms with Crippen molar-refractivity contribution in [2.75, 3.05) is 5.32 Å². The quantitative estimate of drug-likeness (QED) is 0.895. The number of aromatic nitrogens is 1. The van der Waals surface area contributed by atoms with Crippen molar-refractivity contribution in [1.82, 2.24) is 4.98 Å². The minimum Gasteiger partial charge on any atom is -0.476 e. The van der Waals surface area contributed by atoms with Crippen LogP contribution >= 0.6 is 27.3 Å². The lowest BCUT2D eigenvalue weighted by Gasteiger charge is -2.07. The van der Waals surface area contributed by atoms with Gasteiger partial charge in [-0.05, 0) is 28.1 Å². The van der Waals surface area contributed by atoms with Gasteiger partial charge in [-0.2, -0.15) is 5.26 Å². The third kappa shape index (κ3) is 3.10. The Hall–Kier alpha value is -1.91. The number of carboxylic acid groups (broad SMARTS) is 1. The Kier molecular flexibility index (Phi) is 4.14. The van der Waals surface area contributed by atoms with E-state index < -0.39 is 5.97 Å². The topological polar surface area (TPSA) is 86.0 Å². The number of nitrogens with one attached hydrogen (secondary N) is 1. The molecular weight excluding hydrogens is 330 g/mol. The van der Waals surface area contributed by atoms with Crippen molar-refractivity contribution in [1.29, 1.82) is 5.26 Å². The molecule has 0 unspecified atom stereocenters. The summed E-state index contributed by atoms with van der Waals surface area (Å²) >= 11 is 4.57. The molecule has 0 bridgehead atoms. The van der Waals surface area contributed by atoms with Crippen LogP contribution in [0.4, 0.5) is 5.69 Å². The van der Waals surface area contributed by atoms with E-state index in [1.54, 1.807) is 12.1 Å². The average molecular weight is 338 g/mol. The molecular formula is C12H8BrN3O2S. The maximum atomic E-state index is 10.7. The van der Waals surface area contributed by atoms with E-state index in [0.717, 1.165) is 0 Å². The molecule has 1 aromatic heterocycles. The molecule has 0 atom stereocenters. The summed E-state index contributed by atoms with van der Waals surface area (Å²) in [6, 6.07) is 7.49. The number of carbonyl (C=O) groups is 1. The summed E-state index contributed by atoms with van der Waals surface area (Å²) in [7, 11) is 0. The summed E-state index contributed by atoms with van der Waals surface area (Å²) in [4.78, 5) is 14.7. The van der Waals surface area contributed by atoms with Gasteiger partial charge in [0.2, 0.25) is 0 Å². The van der Waals surface area contributed by atoms with Gasteiger partial charge in [-0.25, -0.2) is 9.78 Å². The molecule has 0 saturated heterocycles. The standard InChI is InChI=1S/C12H8BrN3O2S/c13-8-2-1-3-9(7(8)4-14)15-5-11-16-10(6-19-11)12(17)18/h1-3,6,15H,5H2,(H,17,18). The van der Waals surface area contributed by atoms with Crippen molar-refractivity contribution in [3.8, 4) is 6.07 Å². The van der Waals surface area contributed by atoms with E-state index >= 15 is 0 Å². The molecule has 0 saturated carbocycles. The Morgan fingerprint density at radius 2 is 2.37 bits per heavy atom. The SMILES string of the molecule is N#Cc1c(Br)cccc1NCc1nc(C(=O)O)cs1. The molecule has 2 rings (SSSR count). The maximum absolute atomic E-state index is 10.7. The number of anilines is 1. The summed E-state index contributed by atoms with van der Waals surface area (Å²) in [5.41, 5.74) is 1.23. The highest BCUT2D eigenvalue weighted by Crippen LogP contribution is 2.24. The lowest BCUT2D eigenvalue weighted by atomic mass is 10.2. The smallest absolute Gasteiger partial charge is 0.355 e. The maximum Gasteiger partial charge on any atom is 0.355 e. The van der Waals surface area contributed by atoms with Gasteiger partial charge >= 0.3 is 5.97 Å². The lowest BCUT2D eigenvalue weighted by molar-refractivity contribution is 0.0691. The molecule has 0 aliphatic rings.